The molecule has 0 N–H and O–H groups in total. The van der Waals surface area contributed by atoms with Crippen molar-refractivity contribution in [2.75, 3.05) is 31.2 Å². The normalized spacial score (nSPS) is 15.1. The molecule has 0 aliphatic carbocycles. The van der Waals surface area contributed by atoms with Gasteiger partial charge in [-0.3, -0.25) is 0 Å². The number of aromatic nitrogens is 2. The van der Waals surface area contributed by atoms with E-state index in [1.54, 1.807) is 0 Å². The maximum Gasteiger partial charge on any atom is 0.133 e. The van der Waals surface area contributed by atoms with Crippen molar-refractivity contribution in [3.8, 4) is 0 Å². The first kappa shape index (κ1) is 15.2. The highest BCUT2D eigenvalue weighted by molar-refractivity contribution is 7.98. The number of hydrogen-bond donors (Lipinski definition) is 0. The molecule has 116 valence electrons. The van der Waals surface area contributed by atoms with Gasteiger partial charge in [0.1, 0.15) is 28.8 Å². The van der Waals surface area contributed by atoms with Crippen LogP contribution in [-0.4, -0.2) is 36.3 Å². The van der Waals surface area contributed by atoms with E-state index in [-0.39, 0.29) is 0 Å². The summed E-state index contributed by atoms with van der Waals surface area (Å²) in [5.41, 5.74) is 0.592. The van der Waals surface area contributed by atoms with E-state index in [0.717, 1.165) is 30.0 Å². The fourth-order valence-corrected chi connectivity index (χ4v) is 3.02. The van der Waals surface area contributed by atoms with E-state index in [4.69, 9.17) is 4.74 Å². The second-order valence-electron chi connectivity index (χ2n) is 4.88. The second-order valence-corrected chi connectivity index (χ2v) is 5.88. The first-order valence-electron chi connectivity index (χ1n) is 6.93. The molecule has 1 aromatic heterocycles. The topological polar surface area (TPSA) is 38.2 Å². The number of rotatable bonds is 4. The van der Waals surface area contributed by atoms with Crippen molar-refractivity contribution in [1.82, 2.24) is 9.97 Å². The lowest BCUT2D eigenvalue weighted by Gasteiger charge is -2.27. The number of hydrogen-bond acceptors (Lipinski definition) is 5. The molecule has 2 heterocycles. The Morgan fingerprint density at radius 3 is 2.50 bits per heavy atom. The molecule has 0 saturated carbocycles. The monoisotopic (exact) mass is 323 g/mol. The lowest BCUT2D eigenvalue weighted by Crippen LogP contribution is -2.36. The molecule has 1 saturated heterocycles. The molecule has 0 spiro atoms. The van der Waals surface area contributed by atoms with Gasteiger partial charge in [-0.1, -0.05) is 0 Å². The van der Waals surface area contributed by atoms with E-state index in [2.05, 4.69) is 14.9 Å². The number of anilines is 1. The van der Waals surface area contributed by atoms with Crippen molar-refractivity contribution in [3.63, 3.8) is 0 Å². The van der Waals surface area contributed by atoms with Gasteiger partial charge in [0.2, 0.25) is 0 Å². The van der Waals surface area contributed by atoms with Crippen LogP contribution in [-0.2, 0) is 10.5 Å². The highest BCUT2D eigenvalue weighted by atomic mass is 32.2. The maximum absolute atomic E-state index is 13.2. The minimum atomic E-state index is -0.563. The molecule has 7 heteroatoms. The molecule has 1 aliphatic rings. The summed E-state index contributed by atoms with van der Waals surface area (Å²) in [5.74, 6) is 0.180. The Morgan fingerprint density at radius 1 is 1.05 bits per heavy atom. The van der Waals surface area contributed by atoms with Gasteiger partial charge in [0.05, 0.1) is 13.2 Å². The van der Waals surface area contributed by atoms with Crippen molar-refractivity contribution in [2.24, 2.45) is 0 Å². The van der Waals surface area contributed by atoms with Crippen LogP contribution in [0.2, 0.25) is 0 Å². The first-order chi connectivity index (χ1) is 10.7. The fraction of sp³-hybridized carbons (Fsp3) is 0.333. The third-order valence-electron chi connectivity index (χ3n) is 3.27. The minimum absolute atomic E-state index is 0.453. The summed E-state index contributed by atoms with van der Waals surface area (Å²) >= 11 is 1.43. The molecular weight excluding hydrogens is 308 g/mol. The zero-order valence-corrected chi connectivity index (χ0v) is 12.7. The summed E-state index contributed by atoms with van der Waals surface area (Å²) in [5, 5.41) is 0.779. The Labute approximate surface area is 131 Å². The number of nitrogens with zero attached hydrogens (tertiary/aromatic N) is 3. The van der Waals surface area contributed by atoms with E-state index < -0.39 is 11.6 Å². The van der Waals surface area contributed by atoms with Crippen molar-refractivity contribution >= 4 is 17.6 Å². The predicted molar refractivity (Wildman–Crippen MR) is 81.0 cm³/mol. The van der Waals surface area contributed by atoms with Gasteiger partial charge in [0.15, 0.2) is 0 Å². The average Bonchev–Trinajstić information content (AvgIpc) is 2.53. The van der Waals surface area contributed by atoms with Crippen LogP contribution in [0.25, 0.3) is 0 Å². The van der Waals surface area contributed by atoms with Crippen molar-refractivity contribution in [3.05, 3.63) is 47.8 Å². The van der Waals surface area contributed by atoms with Gasteiger partial charge < -0.3 is 9.64 Å². The van der Waals surface area contributed by atoms with Crippen LogP contribution >= 0.6 is 11.8 Å². The first-order valence-corrected chi connectivity index (χ1v) is 7.92. The SMILES string of the molecule is Fc1cc(F)cc(CSc2cc(N3CCOCC3)ncn2)c1. The highest BCUT2D eigenvalue weighted by Crippen LogP contribution is 2.24. The van der Waals surface area contributed by atoms with E-state index in [1.165, 1.54) is 30.2 Å². The smallest absolute Gasteiger partial charge is 0.133 e. The molecule has 0 unspecified atom stereocenters. The van der Waals surface area contributed by atoms with Crippen LogP contribution in [0, 0.1) is 11.6 Å². The highest BCUT2D eigenvalue weighted by Gasteiger charge is 2.13. The maximum atomic E-state index is 13.2. The molecule has 4 nitrogen and oxygen atoms in total. The number of morpholine rings is 1. The van der Waals surface area contributed by atoms with Gasteiger partial charge in [0.25, 0.3) is 0 Å². The Kier molecular flexibility index (Phi) is 4.84. The average molecular weight is 323 g/mol. The molecule has 1 aromatic carbocycles. The lowest BCUT2D eigenvalue weighted by molar-refractivity contribution is 0.122. The van der Waals surface area contributed by atoms with Crippen molar-refractivity contribution in [1.29, 1.82) is 0 Å². The van der Waals surface area contributed by atoms with E-state index in [9.17, 15) is 8.78 Å². The van der Waals surface area contributed by atoms with Gasteiger partial charge in [-0.05, 0) is 17.7 Å². The Hall–Kier alpha value is -1.73. The molecule has 22 heavy (non-hydrogen) atoms. The number of halogens is 2. The summed E-state index contributed by atoms with van der Waals surface area (Å²) in [6.07, 6.45) is 1.51. The second kappa shape index (κ2) is 7.02. The standard InChI is InChI=1S/C15H15F2N3OS/c16-12-5-11(6-13(17)7-12)9-22-15-8-14(18-10-19-15)20-1-3-21-4-2-20/h5-8,10H,1-4,9H2. The Balaban J connectivity index is 1.67. The minimum Gasteiger partial charge on any atom is -0.378 e. The van der Waals surface area contributed by atoms with Gasteiger partial charge in [-0.2, -0.15) is 0 Å². The van der Waals surface area contributed by atoms with Crippen LogP contribution in [0.15, 0.2) is 35.6 Å². The lowest BCUT2D eigenvalue weighted by atomic mass is 10.2. The molecular formula is C15H15F2N3OS. The van der Waals surface area contributed by atoms with Crippen molar-refractivity contribution < 1.29 is 13.5 Å². The number of benzene rings is 1. The third kappa shape index (κ3) is 3.92. The number of thioether (sulfide) groups is 1. The zero-order valence-electron chi connectivity index (χ0n) is 11.8. The third-order valence-corrected chi connectivity index (χ3v) is 4.27. The predicted octanol–water partition coefficient (Wildman–Crippen LogP) is 2.88. The van der Waals surface area contributed by atoms with E-state index in [0.29, 0.717) is 24.5 Å². The molecule has 2 aromatic rings. The Morgan fingerprint density at radius 2 is 1.77 bits per heavy atom. The molecule has 1 aliphatic heterocycles. The quantitative estimate of drug-likeness (QED) is 0.639. The van der Waals surface area contributed by atoms with Crippen LogP contribution in [0.5, 0.6) is 0 Å². The Bertz CT molecular complexity index is 630. The van der Waals surface area contributed by atoms with Crippen LogP contribution in [0.3, 0.4) is 0 Å². The van der Waals surface area contributed by atoms with Gasteiger partial charge in [0, 0.05) is 31.0 Å². The molecule has 0 radical (unpaired) electrons. The van der Waals surface area contributed by atoms with Crippen LogP contribution < -0.4 is 4.90 Å². The summed E-state index contributed by atoms with van der Waals surface area (Å²) in [6.45, 7) is 2.98. The van der Waals surface area contributed by atoms with Crippen LogP contribution in [0.4, 0.5) is 14.6 Å². The van der Waals surface area contributed by atoms with Gasteiger partial charge in [-0.15, -0.1) is 11.8 Å². The molecule has 0 amide bonds. The summed E-state index contributed by atoms with van der Waals surface area (Å²) in [6, 6.07) is 5.43. The largest absolute Gasteiger partial charge is 0.378 e. The van der Waals surface area contributed by atoms with E-state index >= 15 is 0 Å². The summed E-state index contributed by atoms with van der Waals surface area (Å²) in [4.78, 5) is 10.6. The molecule has 1 fully saturated rings. The summed E-state index contributed by atoms with van der Waals surface area (Å²) < 4.78 is 31.7. The van der Waals surface area contributed by atoms with Gasteiger partial charge in [-0.25, -0.2) is 18.7 Å². The molecule has 0 bridgehead atoms. The fourth-order valence-electron chi connectivity index (χ4n) is 2.23. The molecule has 0 atom stereocenters. The van der Waals surface area contributed by atoms with E-state index in [1.807, 2.05) is 6.07 Å². The summed E-state index contributed by atoms with van der Waals surface area (Å²) in [7, 11) is 0. The zero-order chi connectivity index (χ0) is 15.4. The van der Waals surface area contributed by atoms with Crippen LogP contribution in [0.1, 0.15) is 5.56 Å². The van der Waals surface area contributed by atoms with Gasteiger partial charge >= 0.3 is 0 Å². The number of ether oxygens (including phenoxy) is 1. The molecule has 3 rings (SSSR count). The van der Waals surface area contributed by atoms with Crippen molar-refractivity contribution in [2.45, 2.75) is 10.8 Å².